The van der Waals surface area contributed by atoms with Crippen molar-refractivity contribution in [3.05, 3.63) is 12.2 Å². The van der Waals surface area contributed by atoms with E-state index in [1.54, 1.807) is 7.11 Å². The summed E-state index contributed by atoms with van der Waals surface area (Å²) in [4.78, 5) is 13.4. The number of carbonyl (C=O) groups excluding carboxylic acids is 1. The van der Waals surface area contributed by atoms with Gasteiger partial charge < -0.3 is 14.9 Å². The summed E-state index contributed by atoms with van der Waals surface area (Å²) in [5, 5.41) is 22.0. The van der Waals surface area contributed by atoms with Gasteiger partial charge in [-0.25, -0.2) is 0 Å². The van der Waals surface area contributed by atoms with Crippen LogP contribution in [0, 0.1) is 56.7 Å². The molecule has 0 bridgehead atoms. The zero-order valence-electron chi connectivity index (χ0n) is 23.3. The number of carbonyl (C=O) groups is 1. The zero-order valence-corrected chi connectivity index (χ0v) is 23.3. The van der Waals surface area contributed by atoms with E-state index in [9.17, 15) is 15.0 Å². The van der Waals surface area contributed by atoms with Crippen LogP contribution in [0.15, 0.2) is 12.2 Å². The van der Waals surface area contributed by atoms with Gasteiger partial charge in [-0.1, -0.05) is 46.8 Å². The van der Waals surface area contributed by atoms with Crippen molar-refractivity contribution >= 4 is 5.97 Å². The molecule has 0 radical (unpaired) electrons. The molecule has 11 atom stereocenters. The Kier molecular flexibility index (Phi) is 5.76. The minimum absolute atomic E-state index is 0.0161. The fraction of sp³-hybridized carbons (Fsp3) is 0.903. The van der Waals surface area contributed by atoms with Crippen LogP contribution in [0.4, 0.5) is 0 Å². The Morgan fingerprint density at radius 1 is 0.886 bits per heavy atom. The smallest absolute Gasteiger partial charge is 0.312 e. The molecule has 2 N–H and O–H groups in total. The van der Waals surface area contributed by atoms with E-state index in [1.165, 1.54) is 12.0 Å². The predicted octanol–water partition coefficient (Wildman–Crippen LogP) is 6.15. The predicted molar refractivity (Wildman–Crippen MR) is 138 cm³/mol. The number of methoxy groups -OCH3 is 1. The van der Waals surface area contributed by atoms with Gasteiger partial charge in [0.2, 0.25) is 0 Å². The number of aliphatic hydroxyl groups excluding tert-OH is 2. The molecule has 0 aromatic carbocycles. The Bertz CT molecular complexity index is 910. The minimum atomic E-state index is -0.653. The molecular formula is C31H50O4. The minimum Gasteiger partial charge on any atom is -0.469 e. The molecule has 5 fully saturated rings. The van der Waals surface area contributed by atoms with Crippen LogP contribution in [-0.4, -0.2) is 35.5 Å². The van der Waals surface area contributed by atoms with Crippen LogP contribution in [0.5, 0.6) is 0 Å². The van der Waals surface area contributed by atoms with Crippen molar-refractivity contribution in [1.82, 2.24) is 0 Å². The van der Waals surface area contributed by atoms with Crippen molar-refractivity contribution in [2.75, 3.05) is 7.11 Å². The van der Waals surface area contributed by atoms with E-state index in [-0.39, 0.29) is 33.0 Å². The SMILES string of the molecule is C=C(C)[C@@H]1CC[C@]2(C(=O)OC)CC[C@]3(C)C(CCC4[C@@]5(C)C[C@@H](O)[C@@H](O)C(C)(C)C5CC[C@]43C)C12. The quantitative estimate of drug-likeness (QED) is 0.363. The monoisotopic (exact) mass is 486 g/mol. The van der Waals surface area contributed by atoms with Gasteiger partial charge >= 0.3 is 5.97 Å². The molecular weight excluding hydrogens is 436 g/mol. The number of aliphatic hydroxyl groups is 2. The van der Waals surface area contributed by atoms with Gasteiger partial charge in [0.15, 0.2) is 0 Å². The maximum absolute atomic E-state index is 13.4. The lowest BCUT2D eigenvalue weighted by Gasteiger charge is -2.73. The molecule has 5 aliphatic carbocycles. The van der Waals surface area contributed by atoms with Crippen molar-refractivity contribution < 1.29 is 19.7 Å². The third-order valence-corrected chi connectivity index (χ3v) is 13.6. The van der Waals surface area contributed by atoms with E-state index in [2.05, 4.69) is 48.1 Å². The van der Waals surface area contributed by atoms with E-state index < -0.39 is 12.2 Å². The molecule has 5 rings (SSSR count). The highest BCUT2D eigenvalue weighted by molar-refractivity contribution is 5.78. The normalized spacial score (nSPS) is 54.6. The van der Waals surface area contributed by atoms with Crippen molar-refractivity contribution in [3.8, 4) is 0 Å². The highest BCUT2D eigenvalue weighted by atomic mass is 16.5. The summed E-state index contributed by atoms with van der Waals surface area (Å²) in [7, 11) is 1.57. The third kappa shape index (κ3) is 3.02. The van der Waals surface area contributed by atoms with Gasteiger partial charge in [0, 0.05) is 0 Å². The maximum atomic E-state index is 13.4. The van der Waals surface area contributed by atoms with Crippen LogP contribution >= 0.6 is 0 Å². The van der Waals surface area contributed by atoms with Gasteiger partial charge in [-0.05, 0) is 116 Å². The van der Waals surface area contributed by atoms with Crippen molar-refractivity contribution in [3.63, 3.8) is 0 Å². The van der Waals surface area contributed by atoms with Crippen LogP contribution in [0.1, 0.15) is 99.3 Å². The van der Waals surface area contributed by atoms with Crippen molar-refractivity contribution in [2.24, 2.45) is 56.7 Å². The number of hydrogen-bond acceptors (Lipinski definition) is 4. The van der Waals surface area contributed by atoms with Crippen molar-refractivity contribution in [2.45, 2.75) is 112 Å². The van der Waals surface area contributed by atoms with E-state index in [1.807, 2.05) is 0 Å². The summed E-state index contributed by atoms with van der Waals surface area (Å²) in [5.74, 6) is 2.17. The average molecular weight is 487 g/mol. The number of hydrogen-bond donors (Lipinski definition) is 2. The summed E-state index contributed by atoms with van der Waals surface area (Å²) >= 11 is 0. The van der Waals surface area contributed by atoms with Crippen molar-refractivity contribution in [1.29, 1.82) is 0 Å². The van der Waals surface area contributed by atoms with Gasteiger partial charge in [0.1, 0.15) is 0 Å². The molecule has 35 heavy (non-hydrogen) atoms. The maximum Gasteiger partial charge on any atom is 0.312 e. The topological polar surface area (TPSA) is 66.8 Å². The number of ether oxygens (including phenoxy) is 1. The molecule has 0 aromatic rings. The molecule has 0 amide bonds. The molecule has 4 nitrogen and oxygen atoms in total. The Labute approximate surface area is 213 Å². The lowest BCUT2D eigenvalue weighted by atomic mass is 9.32. The molecule has 5 aliphatic rings. The van der Waals surface area contributed by atoms with Crippen LogP contribution in [0.25, 0.3) is 0 Å². The Hall–Kier alpha value is -0.870. The van der Waals surface area contributed by atoms with Gasteiger partial charge in [-0.2, -0.15) is 0 Å². The average Bonchev–Trinajstić information content (AvgIpc) is 3.18. The second-order valence-electron chi connectivity index (χ2n) is 14.9. The summed E-state index contributed by atoms with van der Waals surface area (Å²) in [6.07, 6.45) is 7.98. The molecule has 198 valence electrons. The molecule has 0 spiro atoms. The number of rotatable bonds is 2. The Morgan fingerprint density at radius 2 is 1.57 bits per heavy atom. The highest BCUT2D eigenvalue weighted by Gasteiger charge is 2.72. The fourth-order valence-corrected chi connectivity index (χ4v) is 11.8. The van der Waals surface area contributed by atoms with Gasteiger partial charge in [0.25, 0.3) is 0 Å². The Morgan fingerprint density at radius 3 is 2.20 bits per heavy atom. The summed E-state index contributed by atoms with van der Waals surface area (Å²) in [6.45, 7) is 18.5. The van der Waals surface area contributed by atoms with Gasteiger partial charge in [0.05, 0.1) is 24.7 Å². The molecule has 0 heterocycles. The first-order valence-electron chi connectivity index (χ1n) is 14.3. The second-order valence-corrected chi connectivity index (χ2v) is 14.9. The second kappa shape index (κ2) is 7.82. The molecule has 5 saturated carbocycles. The van der Waals surface area contributed by atoms with E-state index in [0.717, 1.165) is 44.9 Å². The van der Waals surface area contributed by atoms with E-state index >= 15 is 0 Å². The first-order valence-corrected chi connectivity index (χ1v) is 14.3. The van der Waals surface area contributed by atoms with Crippen LogP contribution in [0.2, 0.25) is 0 Å². The van der Waals surface area contributed by atoms with E-state index in [0.29, 0.717) is 36.0 Å². The fourth-order valence-electron chi connectivity index (χ4n) is 11.8. The molecule has 0 aromatic heterocycles. The summed E-state index contributed by atoms with van der Waals surface area (Å²) in [5.41, 5.74) is 0.927. The largest absolute Gasteiger partial charge is 0.469 e. The zero-order chi connectivity index (χ0) is 25.8. The van der Waals surface area contributed by atoms with Gasteiger partial charge in [-0.15, -0.1) is 0 Å². The number of allylic oxidation sites excluding steroid dienone is 1. The number of esters is 1. The number of fused-ring (bicyclic) bond motifs is 7. The lowest BCUT2D eigenvalue weighted by Crippen LogP contribution is -2.68. The first-order chi connectivity index (χ1) is 16.2. The van der Waals surface area contributed by atoms with Crippen LogP contribution in [0.3, 0.4) is 0 Å². The molecule has 4 heteroatoms. The Balaban J connectivity index is 1.57. The summed E-state index contributed by atoms with van der Waals surface area (Å²) in [6, 6.07) is 0. The summed E-state index contributed by atoms with van der Waals surface area (Å²) < 4.78 is 5.48. The van der Waals surface area contributed by atoms with Crippen LogP contribution < -0.4 is 0 Å². The standard InChI is InChI=1S/C31H50O4/c1-18(2)19-11-14-31(26(34)35-8)16-15-29(6)20(24(19)31)9-10-23-28(5)17-21(32)25(33)27(3,4)22(28)12-13-30(23,29)7/h19-25,32-33H,1,9-17H2,2-8H3/t19-,20?,21+,22?,23?,24?,25+,28-,29+,30+,31-/m0/s1. The molecule has 4 unspecified atom stereocenters. The van der Waals surface area contributed by atoms with E-state index in [4.69, 9.17) is 4.74 Å². The third-order valence-electron chi connectivity index (χ3n) is 13.6. The molecule has 0 aliphatic heterocycles. The van der Waals surface area contributed by atoms with Crippen LogP contribution in [-0.2, 0) is 9.53 Å². The van der Waals surface area contributed by atoms with Gasteiger partial charge in [-0.3, -0.25) is 4.79 Å². The first kappa shape index (κ1) is 25.8. The molecule has 0 saturated heterocycles. The lowest BCUT2D eigenvalue weighted by molar-refractivity contribution is -0.263. The highest BCUT2D eigenvalue weighted by Crippen LogP contribution is 2.77.